The van der Waals surface area contributed by atoms with Crippen LogP contribution in [0.25, 0.3) is 0 Å². The zero-order valence-corrected chi connectivity index (χ0v) is 19.0. The Morgan fingerprint density at radius 3 is 2.09 bits per heavy atom. The van der Waals surface area contributed by atoms with E-state index >= 15 is 0 Å². The average molecular weight is 446 g/mol. The van der Waals surface area contributed by atoms with Gasteiger partial charge in [-0.2, -0.15) is 0 Å². The number of rotatable bonds is 4. The van der Waals surface area contributed by atoms with Crippen LogP contribution >= 0.6 is 0 Å². The lowest BCUT2D eigenvalue weighted by atomic mass is 9.94. The Morgan fingerprint density at radius 1 is 0.939 bits per heavy atom. The highest BCUT2D eigenvalue weighted by molar-refractivity contribution is 5.97. The van der Waals surface area contributed by atoms with Crippen LogP contribution in [-0.4, -0.2) is 22.6 Å². The smallest absolute Gasteiger partial charge is 0.417 e. The molecule has 0 aromatic heterocycles. The number of halogens is 1. The van der Waals surface area contributed by atoms with Crippen LogP contribution in [0.5, 0.6) is 0 Å². The van der Waals surface area contributed by atoms with Crippen LogP contribution in [0.3, 0.4) is 0 Å². The first kappa shape index (κ1) is 22.5. The summed E-state index contributed by atoms with van der Waals surface area (Å²) >= 11 is 0. The summed E-state index contributed by atoms with van der Waals surface area (Å²) in [5, 5.41) is 3.46. The molecule has 1 N–H and O–H groups in total. The van der Waals surface area contributed by atoms with Crippen LogP contribution in [0.2, 0.25) is 0 Å². The summed E-state index contributed by atoms with van der Waals surface area (Å²) in [6.45, 7) is 5.83. The van der Waals surface area contributed by atoms with Gasteiger partial charge in [-0.1, -0.05) is 72.8 Å². The van der Waals surface area contributed by atoms with Crippen LogP contribution in [0.1, 0.15) is 49.5 Å². The third-order valence-electron chi connectivity index (χ3n) is 5.32. The number of guanidine groups is 1. The molecule has 1 aliphatic rings. The van der Waals surface area contributed by atoms with Gasteiger partial charge in [0.2, 0.25) is 5.96 Å². The third-order valence-corrected chi connectivity index (χ3v) is 5.32. The summed E-state index contributed by atoms with van der Waals surface area (Å²) in [5.74, 6) is 0.130. The highest BCUT2D eigenvalue weighted by atomic mass is 19.1. The molecule has 170 valence electrons. The number of hydrogen-bond donors (Lipinski definition) is 1. The van der Waals surface area contributed by atoms with Gasteiger partial charge < -0.3 is 10.1 Å². The van der Waals surface area contributed by atoms with Crippen molar-refractivity contribution < 1.29 is 13.9 Å². The predicted molar refractivity (Wildman–Crippen MR) is 127 cm³/mol. The standard InChI is InChI=1S/C27H28FN3O2/c1-27(2,3)33-26(32)31-24(21-12-8-5-9-13-21)23(20-10-6-4-7-11-20)30-25(31)29-18-19-14-16-22(28)17-15-19/h4-17,23-24H,18H2,1-3H3,(H,29,30)/t23-,24+/m0/s1. The lowest BCUT2D eigenvalue weighted by molar-refractivity contribution is 0.0320. The molecule has 0 bridgehead atoms. The Morgan fingerprint density at radius 2 is 1.52 bits per heavy atom. The number of nitrogens with one attached hydrogen (secondary N) is 1. The second-order valence-corrected chi connectivity index (χ2v) is 9.00. The molecule has 1 amide bonds. The number of amides is 1. The number of ether oxygens (including phenoxy) is 1. The fourth-order valence-electron chi connectivity index (χ4n) is 3.88. The molecule has 6 heteroatoms. The Balaban J connectivity index is 1.77. The van der Waals surface area contributed by atoms with Gasteiger partial charge in [0.25, 0.3) is 0 Å². The number of carbonyl (C=O) groups excluding carboxylic acids is 1. The maximum absolute atomic E-state index is 13.4. The van der Waals surface area contributed by atoms with Gasteiger partial charge in [0.05, 0.1) is 18.6 Å². The summed E-state index contributed by atoms with van der Waals surface area (Å²) in [4.78, 5) is 19.7. The molecular weight excluding hydrogens is 417 g/mol. The number of benzene rings is 3. The van der Waals surface area contributed by atoms with Crippen molar-refractivity contribution in [2.24, 2.45) is 4.99 Å². The van der Waals surface area contributed by atoms with E-state index in [1.165, 1.54) is 12.1 Å². The van der Waals surface area contributed by atoms with Crippen LogP contribution in [0.4, 0.5) is 9.18 Å². The molecule has 3 aromatic carbocycles. The topological polar surface area (TPSA) is 53.9 Å². The third kappa shape index (κ3) is 5.40. The lowest BCUT2D eigenvalue weighted by Gasteiger charge is -2.29. The summed E-state index contributed by atoms with van der Waals surface area (Å²) in [5.41, 5.74) is 2.18. The number of aliphatic imine (C=N–C) groups is 1. The Kier molecular flexibility index (Phi) is 6.45. The van der Waals surface area contributed by atoms with Crippen LogP contribution in [0, 0.1) is 5.82 Å². The molecule has 3 aromatic rings. The largest absolute Gasteiger partial charge is 0.443 e. The highest BCUT2D eigenvalue weighted by Crippen LogP contribution is 2.40. The van der Waals surface area contributed by atoms with E-state index in [2.05, 4.69) is 5.32 Å². The summed E-state index contributed by atoms with van der Waals surface area (Å²) < 4.78 is 19.1. The second kappa shape index (κ2) is 9.45. The second-order valence-electron chi connectivity index (χ2n) is 9.00. The number of nitrogens with zero attached hydrogens (tertiary/aromatic N) is 2. The van der Waals surface area contributed by atoms with E-state index in [9.17, 15) is 9.18 Å². The van der Waals surface area contributed by atoms with E-state index < -0.39 is 11.7 Å². The van der Waals surface area contributed by atoms with Gasteiger partial charge in [-0.3, -0.25) is 0 Å². The van der Waals surface area contributed by atoms with Crippen molar-refractivity contribution >= 4 is 12.1 Å². The minimum absolute atomic E-state index is 0.215. The van der Waals surface area contributed by atoms with Crippen LogP contribution < -0.4 is 5.32 Å². The fourth-order valence-corrected chi connectivity index (χ4v) is 3.88. The lowest BCUT2D eigenvalue weighted by Crippen LogP contribution is -2.41. The van der Waals surface area contributed by atoms with Gasteiger partial charge in [-0.05, 0) is 49.6 Å². The molecule has 1 fully saturated rings. The summed E-state index contributed by atoms with van der Waals surface area (Å²) in [6, 6.07) is 25.5. The van der Waals surface area contributed by atoms with Crippen molar-refractivity contribution in [1.82, 2.24) is 10.2 Å². The molecule has 1 heterocycles. The molecule has 1 aliphatic heterocycles. The van der Waals surface area contributed by atoms with Gasteiger partial charge >= 0.3 is 6.09 Å². The molecule has 0 spiro atoms. The quantitative estimate of drug-likeness (QED) is 0.535. The van der Waals surface area contributed by atoms with E-state index in [4.69, 9.17) is 9.73 Å². The normalized spacial score (nSPS) is 19.4. The average Bonchev–Trinajstić information content (AvgIpc) is 3.18. The highest BCUT2D eigenvalue weighted by Gasteiger charge is 2.45. The van der Waals surface area contributed by atoms with Crippen molar-refractivity contribution in [2.75, 3.05) is 0 Å². The molecule has 2 atom stereocenters. The summed E-state index contributed by atoms with van der Waals surface area (Å²) in [7, 11) is 0. The minimum Gasteiger partial charge on any atom is -0.443 e. The van der Waals surface area contributed by atoms with Crippen LogP contribution in [-0.2, 0) is 11.3 Å². The molecule has 0 saturated carbocycles. The van der Waals surface area contributed by atoms with E-state index in [0.717, 1.165) is 16.7 Å². The molecule has 0 radical (unpaired) electrons. The predicted octanol–water partition coefficient (Wildman–Crippen LogP) is 6.00. The van der Waals surface area contributed by atoms with Crippen molar-refractivity contribution in [3.63, 3.8) is 0 Å². The number of hydrogen-bond acceptors (Lipinski definition) is 3. The molecule has 4 rings (SSSR count). The molecule has 0 aliphatic carbocycles. The fraction of sp³-hybridized carbons (Fsp3) is 0.259. The summed E-state index contributed by atoms with van der Waals surface area (Å²) in [6.07, 6.45) is -0.472. The zero-order valence-electron chi connectivity index (χ0n) is 19.0. The Hall–Kier alpha value is -3.67. The van der Waals surface area contributed by atoms with Crippen molar-refractivity contribution in [1.29, 1.82) is 0 Å². The maximum atomic E-state index is 13.4. The van der Waals surface area contributed by atoms with Gasteiger partial charge in [0.1, 0.15) is 11.4 Å². The molecule has 5 nitrogen and oxygen atoms in total. The van der Waals surface area contributed by atoms with Crippen molar-refractivity contribution in [3.8, 4) is 0 Å². The van der Waals surface area contributed by atoms with Crippen molar-refractivity contribution in [2.45, 2.75) is 45.0 Å². The maximum Gasteiger partial charge on any atom is 0.417 e. The zero-order chi connectivity index (χ0) is 23.4. The Bertz CT molecular complexity index is 1110. The van der Waals surface area contributed by atoms with Gasteiger partial charge in [0.15, 0.2) is 0 Å². The minimum atomic E-state index is -0.661. The van der Waals surface area contributed by atoms with Gasteiger partial charge in [-0.25, -0.2) is 19.1 Å². The van der Waals surface area contributed by atoms with Gasteiger partial charge in [-0.15, -0.1) is 0 Å². The number of carbonyl (C=O) groups is 1. The van der Waals surface area contributed by atoms with E-state index in [1.807, 2.05) is 81.4 Å². The SMILES string of the molecule is CC(C)(C)OC(=O)N1C(=NCc2ccc(F)cc2)N[C@@H](c2ccccc2)[C@H]1c1ccccc1. The monoisotopic (exact) mass is 445 g/mol. The van der Waals surface area contributed by atoms with E-state index in [-0.39, 0.29) is 17.9 Å². The first-order valence-electron chi connectivity index (χ1n) is 11.0. The molecular formula is C27H28FN3O2. The molecule has 0 unspecified atom stereocenters. The van der Waals surface area contributed by atoms with Crippen LogP contribution in [0.15, 0.2) is 89.9 Å². The molecule has 1 saturated heterocycles. The first-order chi connectivity index (χ1) is 15.8. The van der Waals surface area contributed by atoms with E-state index in [0.29, 0.717) is 12.5 Å². The first-order valence-corrected chi connectivity index (χ1v) is 11.0. The van der Waals surface area contributed by atoms with Gasteiger partial charge in [0, 0.05) is 0 Å². The van der Waals surface area contributed by atoms with E-state index in [1.54, 1.807) is 17.0 Å². The molecule has 33 heavy (non-hydrogen) atoms. The Labute approximate surface area is 193 Å². The van der Waals surface area contributed by atoms with Crippen molar-refractivity contribution in [3.05, 3.63) is 107 Å².